The third-order valence-electron chi connectivity index (χ3n) is 0.837. The molecule has 0 spiro atoms. The minimum absolute atomic E-state index is 1.45. The zero-order valence-corrected chi connectivity index (χ0v) is 8.25. The lowest BCUT2D eigenvalue weighted by Crippen LogP contribution is -2.38. The Morgan fingerprint density at radius 3 is 1.25 bits per heavy atom. The molecule has 74 valence electrons. The molecule has 0 aliphatic heterocycles. The summed E-state index contributed by atoms with van der Waals surface area (Å²) in [7, 11) is 0. The van der Waals surface area contributed by atoms with Crippen LogP contribution in [0.15, 0.2) is 0 Å². The highest BCUT2D eigenvalue weighted by Crippen LogP contribution is 2.47. The van der Waals surface area contributed by atoms with Gasteiger partial charge in [0.1, 0.15) is 0 Å². The molecule has 0 heterocycles. The van der Waals surface area contributed by atoms with E-state index in [1.54, 1.807) is 0 Å². The van der Waals surface area contributed by atoms with E-state index < -0.39 is 21.5 Å². The molecule has 12 heavy (non-hydrogen) atoms. The van der Waals surface area contributed by atoms with Crippen LogP contribution >= 0.6 is 46.4 Å². The second-order valence-corrected chi connectivity index (χ2v) is 5.11. The van der Waals surface area contributed by atoms with Gasteiger partial charge in [0.25, 0.3) is 5.13 Å². The molecule has 1 atom stereocenters. The van der Waals surface area contributed by atoms with Gasteiger partial charge in [0.15, 0.2) is 3.79 Å². The van der Waals surface area contributed by atoms with Crippen molar-refractivity contribution in [2.24, 2.45) is 0 Å². The molecule has 0 fully saturated rings. The molecular weight excluding hydrogens is 266 g/mol. The second-order valence-electron chi connectivity index (χ2n) is 1.99. The van der Waals surface area contributed by atoms with Crippen LogP contribution in [0, 0.1) is 0 Å². The van der Waals surface area contributed by atoms with Gasteiger partial charge in [-0.3, -0.25) is 0 Å². The summed E-state index contributed by atoms with van der Waals surface area (Å²) in [4.78, 5) is 0. The lowest BCUT2D eigenvalue weighted by molar-refractivity contribution is -0.199. The normalized spacial score (nSPS) is 19.0. The van der Waals surface area contributed by atoms with Crippen LogP contribution in [0.4, 0.5) is 17.6 Å². The largest absolute Gasteiger partial charge is 0.437 e. The average molecular weight is 268 g/mol. The Bertz CT molecular complexity index is 157. The van der Waals surface area contributed by atoms with Crippen molar-refractivity contribution in [2.75, 3.05) is 0 Å². The van der Waals surface area contributed by atoms with Crippen molar-refractivity contribution < 1.29 is 17.6 Å². The molecule has 0 aromatic rings. The van der Waals surface area contributed by atoms with E-state index in [1.807, 2.05) is 0 Å². The third kappa shape index (κ3) is 4.21. The highest BCUT2D eigenvalue weighted by atomic mass is 35.6. The van der Waals surface area contributed by atoms with E-state index in [9.17, 15) is 17.6 Å². The van der Waals surface area contributed by atoms with Crippen LogP contribution in [0.2, 0.25) is 0 Å². The zero-order chi connectivity index (χ0) is 10.2. The molecule has 0 radical (unpaired) electrons. The van der Waals surface area contributed by atoms with E-state index in [2.05, 4.69) is 11.6 Å². The smallest absolute Gasteiger partial charge is 0.216 e. The molecule has 0 saturated heterocycles. The Balaban J connectivity index is 4.44. The van der Waals surface area contributed by atoms with Gasteiger partial charge in [-0.05, 0) is 0 Å². The van der Waals surface area contributed by atoms with Crippen LogP contribution in [0.25, 0.3) is 0 Å². The lowest BCUT2D eigenvalue weighted by Gasteiger charge is -2.24. The van der Waals surface area contributed by atoms with Gasteiger partial charge in [0.05, 0.1) is 6.42 Å². The summed E-state index contributed by atoms with van der Waals surface area (Å²) in [5, 5.41) is -4.00. The summed E-state index contributed by atoms with van der Waals surface area (Å²) >= 11 is 19.2. The van der Waals surface area contributed by atoms with Crippen LogP contribution in [0.1, 0.15) is 6.42 Å². The minimum Gasteiger partial charge on any atom is -0.216 e. The van der Waals surface area contributed by atoms with Crippen molar-refractivity contribution in [3.05, 3.63) is 0 Å². The van der Waals surface area contributed by atoms with Crippen molar-refractivity contribution in [3.8, 4) is 0 Å². The fraction of sp³-hybridized carbons (Fsp3) is 1.00. The Kier molecular flexibility index (Phi) is 3.82. The van der Waals surface area contributed by atoms with Gasteiger partial charge in [-0.15, -0.1) is 0 Å². The molecule has 0 aliphatic carbocycles. The molecule has 0 saturated carbocycles. The molecule has 8 heteroatoms. The van der Waals surface area contributed by atoms with E-state index in [0.29, 0.717) is 0 Å². The molecule has 0 aromatic heterocycles. The zero-order valence-electron chi connectivity index (χ0n) is 5.23. The first-order valence-electron chi connectivity index (χ1n) is 2.47. The summed E-state index contributed by atoms with van der Waals surface area (Å²) < 4.78 is 45.2. The van der Waals surface area contributed by atoms with Crippen LogP contribution in [-0.2, 0) is 0 Å². The Labute approximate surface area is 85.7 Å². The maximum absolute atomic E-state index is 12.5. The molecule has 0 aromatic carbocycles. The van der Waals surface area contributed by atoms with Gasteiger partial charge in [-0.1, -0.05) is 46.4 Å². The summed E-state index contributed by atoms with van der Waals surface area (Å²) in [5.74, 6) is 0. The molecule has 0 aliphatic rings. The molecule has 1 unspecified atom stereocenters. The lowest BCUT2D eigenvalue weighted by atomic mass is 10.3. The van der Waals surface area contributed by atoms with Crippen molar-refractivity contribution in [3.63, 3.8) is 0 Å². The SMILES string of the molecule is FC(F)(F)C(F)(Cl)CC(Cl)(Cl)Cl. The van der Waals surface area contributed by atoms with Crippen LogP contribution in [0.3, 0.4) is 0 Å². The summed E-state index contributed by atoms with van der Waals surface area (Å²) in [6, 6.07) is 0. The second kappa shape index (κ2) is 3.56. The van der Waals surface area contributed by atoms with E-state index in [1.165, 1.54) is 0 Å². The first-order valence-corrected chi connectivity index (χ1v) is 3.98. The fourth-order valence-corrected chi connectivity index (χ4v) is 1.31. The van der Waals surface area contributed by atoms with E-state index in [-0.39, 0.29) is 0 Å². The molecular formula is C4H2Cl4F4. The van der Waals surface area contributed by atoms with Gasteiger partial charge < -0.3 is 0 Å². The summed E-state index contributed by atoms with van der Waals surface area (Å²) in [6.07, 6.45) is -6.70. The number of alkyl halides is 8. The molecule has 0 bridgehead atoms. The Hall–Kier alpha value is 0.880. The van der Waals surface area contributed by atoms with Crippen molar-refractivity contribution in [2.45, 2.75) is 21.5 Å². The predicted octanol–water partition coefficient (Wildman–Crippen LogP) is 4.21. The van der Waals surface area contributed by atoms with Gasteiger partial charge in [-0.25, -0.2) is 4.39 Å². The molecule has 0 rings (SSSR count). The van der Waals surface area contributed by atoms with Crippen molar-refractivity contribution in [1.29, 1.82) is 0 Å². The Morgan fingerprint density at radius 1 is 0.833 bits per heavy atom. The highest BCUT2D eigenvalue weighted by molar-refractivity contribution is 6.67. The van der Waals surface area contributed by atoms with E-state index in [4.69, 9.17) is 34.8 Å². The van der Waals surface area contributed by atoms with Crippen LogP contribution in [0.5, 0.6) is 0 Å². The topological polar surface area (TPSA) is 0 Å². The monoisotopic (exact) mass is 266 g/mol. The molecule has 0 nitrogen and oxygen atoms in total. The molecule has 0 N–H and O–H groups in total. The van der Waals surface area contributed by atoms with Gasteiger partial charge >= 0.3 is 6.18 Å². The van der Waals surface area contributed by atoms with Crippen molar-refractivity contribution >= 4 is 46.4 Å². The summed E-state index contributed by atoms with van der Waals surface area (Å²) in [5.41, 5.74) is 0. The van der Waals surface area contributed by atoms with Crippen LogP contribution < -0.4 is 0 Å². The minimum atomic E-state index is -5.25. The van der Waals surface area contributed by atoms with Gasteiger partial charge in [0.2, 0.25) is 0 Å². The first kappa shape index (κ1) is 12.9. The number of hydrogen-bond donors (Lipinski definition) is 0. The standard InChI is InChI=1S/C4H2Cl4F4/c5-2(9,4(10,11)12)1-3(6,7)8/h1H2. The highest BCUT2D eigenvalue weighted by Gasteiger charge is 2.57. The maximum Gasteiger partial charge on any atom is 0.437 e. The first-order chi connectivity index (χ1) is 4.96. The predicted molar refractivity (Wildman–Crippen MR) is 40.7 cm³/mol. The van der Waals surface area contributed by atoms with Gasteiger partial charge in [-0.2, -0.15) is 13.2 Å². The quantitative estimate of drug-likeness (QED) is 0.493. The van der Waals surface area contributed by atoms with E-state index >= 15 is 0 Å². The van der Waals surface area contributed by atoms with Gasteiger partial charge in [0, 0.05) is 0 Å². The summed E-state index contributed by atoms with van der Waals surface area (Å²) in [6.45, 7) is 0. The fourth-order valence-electron chi connectivity index (χ4n) is 0.352. The average Bonchev–Trinajstić information content (AvgIpc) is 1.52. The number of hydrogen-bond acceptors (Lipinski definition) is 0. The number of halogens is 8. The third-order valence-corrected chi connectivity index (χ3v) is 1.59. The maximum atomic E-state index is 12.5. The Morgan fingerprint density at radius 2 is 1.17 bits per heavy atom. The van der Waals surface area contributed by atoms with Crippen LogP contribution in [-0.4, -0.2) is 15.1 Å². The number of rotatable bonds is 1. The van der Waals surface area contributed by atoms with E-state index in [0.717, 1.165) is 0 Å². The van der Waals surface area contributed by atoms with Crippen molar-refractivity contribution in [1.82, 2.24) is 0 Å². The molecule has 0 amide bonds.